The molecule has 20 heteroatoms. The molecule has 5 heterocycles. The number of aromatic nitrogens is 4. The lowest BCUT2D eigenvalue weighted by molar-refractivity contribution is -0.142. The molecule has 5 aromatic rings. The van der Waals surface area contributed by atoms with Gasteiger partial charge in [0.05, 0.1) is 41.3 Å². The summed E-state index contributed by atoms with van der Waals surface area (Å²) in [4.78, 5) is 40.7. The summed E-state index contributed by atoms with van der Waals surface area (Å²) in [5.41, 5.74) is 2.61. The second-order valence-corrected chi connectivity index (χ2v) is 17.1. The zero-order valence-electron chi connectivity index (χ0n) is 32.4. The number of rotatable bonds is 13. The lowest BCUT2D eigenvalue weighted by Gasteiger charge is -2.35. The molecule has 0 radical (unpaired) electrons. The fraction of sp³-hybridized carbons (Fsp3) is 0.439. The van der Waals surface area contributed by atoms with E-state index in [4.69, 9.17) is 20.4 Å². The molecule has 11 nitrogen and oxygen atoms in total. The molecule has 0 bridgehead atoms. The number of ether oxygens (including phenoxy) is 1. The number of alkyl halides is 5. The smallest absolute Gasteiger partial charge is 0.378 e. The van der Waals surface area contributed by atoms with E-state index >= 15 is 8.78 Å². The molecule has 4 atom stereocenters. The number of primary amides is 1. The first kappa shape index (κ1) is 41.2. The molecule has 9 rings (SSSR count). The number of pyridine rings is 1. The lowest BCUT2D eigenvalue weighted by Crippen LogP contribution is -2.49. The van der Waals surface area contributed by atoms with E-state index in [1.807, 2.05) is 6.92 Å². The maximum atomic E-state index is 15.4. The van der Waals surface area contributed by atoms with Crippen molar-refractivity contribution in [2.24, 2.45) is 11.7 Å². The molecule has 2 aliphatic heterocycles. The van der Waals surface area contributed by atoms with Crippen LogP contribution in [0.15, 0.2) is 42.5 Å². The molecule has 2 saturated heterocycles. The average molecular weight is 875 g/mol. The van der Waals surface area contributed by atoms with Crippen LogP contribution in [0.3, 0.4) is 0 Å². The SMILES string of the molecule is CCCN(c1nc2nc([C@H](Cc3cc(F)cc(F)c3)NC(=O)Cn3nc(C(F)(F)F)c4c3C(F)(F)[C@@H]3C[C@H]43)c(-c3ccc(F)c(C(N)=O)c3)cc2s1)[C@H]1CCN(C2COC2)C1. The van der Waals surface area contributed by atoms with E-state index in [1.165, 1.54) is 23.5 Å². The highest BCUT2D eigenvalue weighted by Gasteiger charge is 2.68. The van der Waals surface area contributed by atoms with Crippen LogP contribution in [0.5, 0.6) is 0 Å². The number of hydrogen-bond donors (Lipinski definition) is 2. The third-order valence-corrected chi connectivity index (χ3v) is 13.0. The van der Waals surface area contributed by atoms with Gasteiger partial charge in [-0.3, -0.25) is 19.2 Å². The highest BCUT2D eigenvalue weighted by Crippen LogP contribution is 2.68. The van der Waals surface area contributed by atoms with Crippen molar-refractivity contribution < 1.29 is 49.4 Å². The van der Waals surface area contributed by atoms with E-state index in [2.05, 4.69) is 20.2 Å². The van der Waals surface area contributed by atoms with Crippen molar-refractivity contribution in [1.29, 1.82) is 0 Å². The molecule has 61 heavy (non-hydrogen) atoms. The Morgan fingerprint density at radius 2 is 1.84 bits per heavy atom. The summed E-state index contributed by atoms with van der Waals surface area (Å²) in [7, 11) is 0. The second-order valence-electron chi connectivity index (χ2n) is 16.1. The van der Waals surface area contributed by atoms with Crippen LogP contribution in [0, 0.1) is 23.4 Å². The van der Waals surface area contributed by atoms with Gasteiger partial charge in [0.1, 0.15) is 29.7 Å². The summed E-state index contributed by atoms with van der Waals surface area (Å²) in [6, 6.07) is 6.97. The Morgan fingerprint density at radius 3 is 2.51 bits per heavy atom. The molecule has 2 aromatic carbocycles. The minimum Gasteiger partial charge on any atom is -0.378 e. The minimum atomic E-state index is -5.07. The molecule has 3 fully saturated rings. The molecule has 3 aromatic heterocycles. The largest absolute Gasteiger partial charge is 0.435 e. The number of nitrogens with zero attached hydrogens (tertiary/aromatic N) is 6. The monoisotopic (exact) mass is 874 g/mol. The molecular formula is C41H38F8N8O3S. The number of likely N-dealkylation sites (tertiary alicyclic amines) is 1. The Bertz CT molecular complexity index is 2540. The third kappa shape index (κ3) is 7.59. The molecule has 2 amide bonds. The molecule has 3 N–H and O–H groups in total. The van der Waals surface area contributed by atoms with Crippen LogP contribution in [0.25, 0.3) is 21.5 Å². The van der Waals surface area contributed by atoms with Gasteiger partial charge >= 0.3 is 6.18 Å². The van der Waals surface area contributed by atoms with E-state index in [1.54, 1.807) is 6.07 Å². The van der Waals surface area contributed by atoms with E-state index in [0.717, 1.165) is 44.1 Å². The number of halogens is 8. The van der Waals surface area contributed by atoms with E-state index < -0.39 is 88.3 Å². The normalized spacial score (nSPS) is 21.3. The number of nitrogens with two attached hydrogens (primary N) is 1. The van der Waals surface area contributed by atoms with E-state index in [9.17, 15) is 35.9 Å². The van der Waals surface area contributed by atoms with Gasteiger partial charge in [0.2, 0.25) is 5.91 Å². The fourth-order valence-corrected chi connectivity index (χ4v) is 10.0. The second kappa shape index (κ2) is 15.3. The molecule has 1 saturated carbocycles. The van der Waals surface area contributed by atoms with Crippen LogP contribution in [0.2, 0.25) is 0 Å². The molecule has 322 valence electrons. The summed E-state index contributed by atoms with van der Waals surface area (Å²) in [6.45, 7) is 4.64. The van der Waals surface area contributed by atoms with Gasteiger partial charge in [-0.15, -0.1) is 0 Å². The number of anilines is 1. The van der Waals surface area contributed by atoms with Gasteiger partial charge in [-0.25, -0.2) is 18.2 Å². The number of hydrogen-bond acceptors (Lipinski definition) is 9. The van der Waals surface area contributed by atoms with Crippen molar-refractivity contribution in [2.45, 2.75) is 75.3 Å². The van der Waals surface area contributed by atoms with Crippen molar-refractivity contribution in [3.8, 4) is 11.1 Å². The quantitative estimate of drug-likeness (QED) is 0.120. The number of nitrogens with one attached hydrogen (secondary N) is 1. The van der Waals surface area contributed by atoms with Crippen LogP contribution in [-0.4, -0.2) is 81.4 Å². The van der Waals surface area contributed by atoms with E-state index in [0.29, 0.717) is 46.4 Å². The summed E-state index contributed by atoms with van der Waals surface area (Å²) in [6.07, 6.45) is -3.92. The van der Waals surface area contributed by atoms with Crippen molar-refractivity contribution in [1.82, 2.24) is 30.0 Å². The fourth-order valence-electron chi connectivity index (χ4n) is 8.98. The zero-order valence-corrected chi connectivity index (χ0v) is 33.2. The maximum absolute atomic E-state index is 15.4. The Hall–Kier alpha value is -5.21. The number of fused-ring (bicyclic) bond motifs is 4. The van der Waals surface area contributed by atoms with Gasteiger partial charge in [0.15, 0.2) is 16.5 Å². The van der Waals surface area contributed by atoms with Crippen molar-refractivity contribution in [3.05, 3.63) is 93.7 Å². The summed E-state index contributed by atoms with van der Waals surface area (Å²) < 4.78 is 124. The van der Waals surface area contributed by atoms with Crippen molar-refractivity contribution >= 4 is 38.6 Å². The first-order valence-corrected chi connectivity index (χ1v) is 20.6. The Labute approximate surface area is 346 Å². The third-order valence-electron chi connectivity index (χ3n) is 11.9. The van der Waals surface area contributed by atoms with Crippen LogP contribution >= 0.6 is 11.3 Å². The Kier molecular flexibility index (Phi) is 10.3. The maximum Gasteiger partial charge on any atom is 0.435 e. The number of carbonyl (C=O) groups excluding carboxylic acids is 2. The van der Waals surface area contributed by atoms with Gasteiger partial charge in [-0.05, 0) is 73.1 Å². The van der Waals surface area contributed by atoms with Gasteiger partial charge < -0.3 is 20.7 Å². The van der Waals surface area contributed by atoms with Gasteiger partial charge in [0.25, 0.3) is 11.8 Å². The lowest BCUT2D eigenvalue weighted by atomic mass is 9.94. The first-order valence-electron chi connectivity index (χ1n) is 19.8. The molecule has 0 spiro atoms. The number of carbonyl (C=O) groups is 2. The zero-order chi connectivity index (χ0) is 43.1. The van der Waals surface area contributed by atoms with Crippen molar-refractivity contribution in [2.75, 3.05) is 37.7 Å². The number of thiazole rings is 1. The van der Waals surface area contributed by atoms with Crippen molar-refractivity contribution in [3.63, 3.8) is 0 Å². The Balaban J connectivity index is 1.14. The predicted octanol–water partition coefficient (Wildman–Crippen LogP) is 7.09. The average Bonchev–Trinajstić information content (AvgIpc) is 3.40. The number of amides is 2. The van der Waals surface area contributed by atoms with Crippen LogP contribution in [0.4, 0.5) is 40.3 Å². The minimum absolute atomic E-state index is 0.0108. The standard InChI is InChI=1S/C41H38F8N8O3S/c1-2-6-56(23-5-7-55(15-23)24-17-60-18-24)39-53-38-31(61-39)14-25(20-3-4-29(44)27(11-20)37(50)59)34(52-38)30(10-19-8-21(42)12-22(43)9-19)51-32(58)16-57-36-33(35(54-57)41(47,48)49)26-13-28(26)40(36,45)46/h3-4,8-9,11-12,14,23-24,26,28,30H,2,5-7,10,13,15-18H2,1H3,(H2,50,59)(H,51,58)/t23-,26-,28+,30-/m0/s1. The Morgan fingerprint density at radius 1 is 1.08 bits per heavy atom. The highest BCUT2D eigenvalue weighted by molar-refractivity contribution is 7.22. The molecule has 4 aliphatic rings. The first-order chi connectivity index (χ1) is 29.0. The summed E-state index contributed by atoms with van der Waals surface area (Å²) in [5.74, 6) is -11.0. The topological polar surface area (TPSA) is 132 Å². The summed E-state index contributed by atoms with van der Waals surface area (Å²) in [5, 5.41) is 6.76. The van der Waals surface area contributed by atoms with Gasteiger partial charge in [0, 0.05) is 48.8 Å². The van der Waals surface area contributed by atoms with Gasteiger partial charge in [-0.1, -0.05) is 24.3 Å². The molecule has 2 aliphatic carbocycles. The van der Waals surface area contributed by atoms with Gasteiger partial charge in [-0.2, -0.15) is 32.0 Å². The van der Waals surface area contributed by atoms with Crippen LogP contribution in [0.1, 0.15) is 76.7 Å². The van der Waals surface area contributed by atoms with E-state index in [-0.39, 0.29) is 46.9 Å². The predicted molar refractivity (Wildman–Crippen MR) is 206 cm³/mol. The summed E-state index contributed by atoms with van der Waals surface area (Å²) >= 11 is 1.33. The molecule has 0 unspecified atom stereocenters. The number of benzene rings is 2. The van der Waals surface area contributed by atoms with Crippen LogP contribution in [-0.2, 0) is 34.6 Å². The molecular weight excluding hydrogens is 837 g/mol. The highest BCUT2D eigenvalue weighted by atomic mass is 32.1. The van der Waals surface area contributed by atoms with Crippen LogP contribution < -0.4 is 16.0 Å².